The lowest BCUT2D eigenvalue weighted by atomic mass is 10.1. The van der Waals surface area contributed by atoms with Gasteiger partial charge >= 0.3 is 6.09 Å². The van der Waals surface area contributed by atoms with Gasteiger partial charge in [0.15, 0.2) is 0 Å². The molecule has 1 aliphatic rings. The Kier molecular flexibility index (Phi) is 7.30. The first-order chi connectivity index (χ1) is 16.0. The number of rotatable bonds is 7. The number of imide groups is 1. The number of alkyl carbamates (subject to hydrolysis) is 1. The summed E-state index contributed by atoms with van der Waals surface area (Å²) < 4.78 is 5.10. The molecule has 0 fully saturated rings. The van der Waals surface area contributed by atoms with Crippen molar-refractivity contribution in [1.82, 2.24) is 10.2 Å². The molecule has 0 aromatic heterocycles. The molecule has 2 aromatic carbocycles. The van der Waals surface area contributed by atoms with Gasteiger partial charge in [0.2, 0.25) is 11.8 Å². The first-order valence-electron chi connectivity index (χ1n) is 10.7. The molecule has 1 aliphatic heterocycles. The molecule has 2 aromatic rings. The number of nitrogens with zero attached hydrogens (tertiary/aromatic N) is 1. The average molecular weight is 466 g/mol. The summed E-state index contributed by atoms with van der Waals surface area (Å²) in [7, 11) is 0. The van der Waals surface area contributed by atoms with E-state index in [1.165, 1.54) is 0 Å². The molecule has 0 aliphatic carbocycles. The molecule has 0 spiro atoms. The molecule has 3 N–H and O–H groups in total. The van der Waals surface area contributed by atoms with Crippen LogP contribution in [0.2, 0.25) is 0 Å². The number of carbonyl (C=O) groups excluding carboxylic acids is 5. The van der Waals surface area contributed by atoms with Crippen molar-refractivity contribution in [3.63, 3.8) is 0 Å². The molecule has 10 nitrogen and oxygen atoms in total. The average Bonchev–Trinajstić information content (AvgIpc) is 2.98. The normalized spacial score (nSPS) is 12.7. The Morgan fingerprint density at radius 2 is 1.41 bits per heavy atom. The number of nitrogens with one attached hydrogen (secondary N) is 3. The minimum atomic E-state index is -0.628. The largest absolute Gasteiger partial charge is 0.444 e. The molecule has 34 heavy (non-hydrogen) atoms. The van der Waals surface area contributed by atoms with E-state index in [0.29, 0.717) is 11.4 Å². The number of ether oxygens (including phenoxy) is 1. The quantitative estimate of drug-likeness (QED) is 0.537. The molecule has 0 saturated heterocycles. The summed E-state index contributed by atoms with van der Waals surface area (Å²) in [6.45, 7) is 4.89. The fraction of sp³-hybridized carbons (Fsp3) is 0.292. The van der Waals surface area contributed by atoms with Gasteiger partial charge in [-0.15, -0.1) is 0 Å². The smallest absolute Gasteiger partial charge is 0.407 e. The van der Waals surface area contributed by atoms with Crippen molar-refractivity contribution < 1.29 is 28.7 Å². The van der Waals surface area contributed by atoms with Crippen molar-refractivity contribution in [3.05, 3.63) is 59.7 Å². The van der Waals surface area contributed by atoms with Crippen LogP contribution >= 0.6 is 0 Å². The first-order valence-corrected chi connectivity index (χ1v) is 10.7. The Morgan fingerprint density at radius 3 is 1.97 bits per heavy atom. The Labute approximate surface area is 196 Å². The molecule has 0 unspecified atom stereocenters. The zero-order valence-electron chi connectivity index (χ0n) is 19.1. The summed E-state index contributed by atoms with van der Waals surface area (Å²) in [4.78, 5) is 61.9. The van der Waals surface area contributed by atoms with Crippen molar-refractivity contribution in [2.75, 3.05) is 23.7 Å². The Hall–Kier alpha value is -4.21. The van der Waals surface area contributed by atoms with Crippen molar-refractivity contribution >= 4 is 41.1 Å². The number of carbonyl (C=O) groups is 5. The second kappa shape index (κ2) is 10.2. The van der Waals surface area contributed by atoms with E-state index >= 15 is 0 Å². The standard InChI is InChI=1S/C24H26N4O6/c1-24(2,3)34-23(33)25-12-11-19(29)26-15-7-6-8-16(13-15)27-20(30)14-28-21(31)17-9-4-5-10-18(17)22(28)32/h4-10,13H,11-12,14H2,1-3H3,(H,25,33)(H,26,29)(H,27,30). The van der Waals surface area contributed by atoms with Gasteiger partial charge in [0.25, 0.3) is 11.8 Å². The Morgan fingerprint density at radius 1 is 0.853 bits per heavy atom. The SMILES string of the molecule is CC(C)(C)OC(=O)NCCC(=O)Nc1cccc(NC(=O)CN2C(=O)c3ccccc3C2=O)c1. The molecule has 3 rings (SSSR count). The monoisotopic (exact) mass is 466 g/mol. The van der Waals surface area contributed by atoms with Crippen LogP contribution in [-0.4, -0.2) is 53.3 Å². The zero-order chi connectivity index (χ0) is 24.9. The van der Waals surface area contributed by atoms with Crippen LogP contribution in [0.3, 0.4) is 0 Å². The maximum atomic E-state index is 12.5. The van der Waals surface area contributed by atoms with Crippen LogP contribution in [-0.2, 0) is 14.3 Å². The highest BCUT2D eigenvalue weighted by Gasteiger charge is 2.36. The van der Waals surface area contributed by atoms with E-state index in [9.17, 15) is 24.0 Å². The molecular weight excluding hydrogens is 440 g/mol. The maximum Gasteiger partial charge on any atom is 0.407 e. The maximum absolute atomic E-state index is 12.5. The third-order valence-corrected chi connectivity index (χ3v) is 4.63. The first kappa shape index (κ1) is 24.4. The molecule has 5 amide bonds. The van der Waals surface area contributed by atoms with Crippen molar-refractivity contribution in [2.45, 2.75) is 32.8 Å². The van der Waals surface area contributed by atoms with Crippen molar-refractivity contribution in [1.29, 1.82) is 0 Å². The van der Waals surface area contributed by atoms with Crippen LogP contribution in [0.1, 0.15) is 47.9 Å². The minimum Gasteiger partial charge on any atom is -0.444 e. The predicted molar refractivity (Wildman–Crippen MR) is 124 cm³/mol. The summed E-state index contributed by atoms with van der Waals surface area (Å²) in [5.74, 6) is -1.93. The highest BCUT2D eigenvalue weighted by molar-refractivity contribution is 6.22. The van der Waals surface area contributed by atoms with Gasteiger partial charge in [0.1, 0.15) is 12.1 Å². The van der Waals surface area contributed by atoms with Gasteiger partial charge in [-0.25, -0.2) is 4.79 Å². The summed E-state index contributed by atoms with van der Waals surface area (Å²) in [5.41, 5.74) is 0.723. The molecule has 0 saturated carbocycles. The molecular formula is C24H26N4O6. The van der Waals surface area contributed by atoms with Crippen LogP contribution in [0.5, 0.6) is 0 Å². The third kappa shape index (κ3) is 6.41. The number of hydrogen-bond donors (Lipinski definition) is 3. The fourth-order valence-electron chi connectivity index (χ4n) is 3.22. The van der Waals surface area contributed by atoms with Gasteiger partial charge in [0, 0.05) is 24.3 Å². The van der Waals surface area contributed by atoms with Gasteiger partial charge in [-0.05, 0) is 51.1 Å². The van der Waals surface area contributed by atoms with Crippen molar-refractivity contribution in [2.24, 2.45) is 0 Å². The molecule has 0 bridgehead atoms. The molecule has 178 valence electrons. The van der Waals surface area contributed by atoms with E-state index in [0.717, 1.165) is 4.90 Å². The van der Waals surface area contributed by atoms with E-state index in [4.69, 9.17) is 4.74 Å². The second-order valence-corrected chi connectivity index (χ2v) is 8.60. The van der Waals surface area contributed by atoms with E-state index in [2.05, 4.69) is 16.0 Å². The Balaban J connectivity index is 1.49. The minimum absolute atomic E-state index is 0.0234. The number of amides is 5. The summed E-state index contributed by atoms with van der Waals surface area (Å²) in [6.07, 6.45) is -0.585. The van der Waals surface area contributed by atoms with Crippen LogP contribution in [0, 0.1) is 0 Å². The lowest BCUT2D eigenvalue weighted by molar-refractivity contribution is -0.117. The van der Waals surface area contributed by atoms with Gasteiger partial charge in [-0.2, -0.15) is 0 Å². The fourth-order valence-corrected chi connectivity index (χ4v) is 3.22. The van der Waals surface area contributed by atoms with E-state index in [1.807, 2.05) is 0 Å². The van der Waals surface area contributed by atoms with Gasteiger partial charge in [-0.1, -0.05) is 18.2 Å². The highest BCUT2D eigenvalue weighted by atomic mass is 16.6. The molecule has 0 radical (unpaired) electrons. The van der Waals surface area contributed by atoms with E-state index in [-0.39, 0.29) is 30.0 Å². The molecule has 0 atom stereocenters. The summed E-state index contributed by atoms with van der Waals surface area (Å²) in [6, 6.07) is 12.8. The predicted octanol–water partition coefficient (Wildman–Crippen LogP) is 2.77. The molecule has 10 heteroatoms. The van der Waals surface area contributed by atoms with Crippen molar-refractivity contribution in [3.8, 4) is 0 Å². The Bertz CT molecular complexity index is 1100. The van der Waals surface area contributed by atoms with Crippen LogP contribution in [0.4, 0.5) is 16.2 Å². The van der Waals surface area contributed by atoms with Gasteiger partial charge in [-0.3, -0.25) is 24.1 Å². The van der Waals surface area contributed by atoms with Gasteiger partial charge in [0.05, 0.1) is 11.1 Å². The summed E-state index contributed by atoms with van der Waals surface area (Å²) >= 11 is 0. The molecule has 1 heterocycles. The lowest BCUT2D eigenvalue weighted by Gasteiger charge is -2.19. The number of benzene rings is 2. The second-order valence-electron chi connectivity index (χ2n) is 8.60. The topological polar surface area (TPSA) is 134 Å². The zero-order valence-corrected chi connectivity index (χ0v) is 19.1. The highest BCUT2D eigenvalue weighted by Crippen LogP contribution is 2.22. The number of hydrogen-bond acceptors (Lipinski definition) is 6. The van der Waals surface area contributed by atoms with Crippen LogP contribution < -0.4 is 16.0 Å². The summed E-state index contributed by atoms with van der Waals surface area (Å²) in [5, 5.41) is 7.80. The number of anilines is 2. The van der Waals surface area contributed by atoms with Crippen LogP contribution in [0.25, 0.3) is 0 Å². The third-order valence-electron chi connectivity index (χ3n) is 4.63. The van der Waals surface area contributed by atoms with E-state index < -0.39 is 36.0 Å². The van der Waals surface area contributed by atoms with E-state index in [1.54, 1.807) is 69.3 Å². The van der Waals surface area contributed by atoms with Gasteiger partial charge < -0.3 is 20.7 Å². The van der Waals surface area contributed by atoms with Crippen LogP contribution in [0.15, 0.2) is 48.5 Å². The lowest BCUT2D eigenvalue weighted by Crippen LogP contribution is -2.37. The number of fused-ring (bicyclic) bond motifs is 1.